The topological polar surface area (TPSA) is 91.2 Å². The first-order chi connectivity index (χ1) is 13.7. The summed E-state index contributed by atoms with van der Waals surface area (Å²) in [5, 5.41) is 14.9. The highest BCUT2D eigenvalue weighted by atomic mass is 16.5. The standard InChI is InChI=1S/C20H21N5O3/c1-27-17-7-2-3-8-18(17)28-12-11-19(26)21-15-6-4-5-14(13-15)20-22-23-24-25(20)16-9-10-16/h2-8,13,16H,9-12H2,1H3,(H,21,26). The smallest absolute Gasteiger partial charge is 0.227 e. The lowest BCUT2D eigenvalue weighted by atomic mass is 10.2. The SMILES string of the molecule is COc1ccccc1OCCC(=O)Nc1cccc(-c2nnnn2C2CC2)c1. The Kier molecular flexibility index (Phi) is 5.18. The Balaban J connectivity index is 1.35. The van der Waals surface area contributed by atoms with Crippen LogP contribution in [0, 0.1) is 0 Å². The van der Waals surface area contributed by atoms with Gasteiger partial charge in [-0.3, -0.25) is 4.79 Å². The molecular weight excluding hydrogens is 358 g/mol. The molecule has 144 valence electrons. The summed E-state index contributed by atoms with van der Waals surface area (Å²) >= 11 is 0. The highest BCUT2D eigenvalue weighted by Gasteiger charge is 2.28. The van der Waals surface area contributed by atoms with Crippen LogP contribution >= 0.6 is 0 Å². The number of carbonyl (C=O) groups is 1. The van der Waals surface area contributed by atoms with Gasteiger partial charge in [0.2, 0.25) is 5.91 Å². The number of amides is 1. The van der Waals surface area contributed by atoms with Crippen LogP contribution in [0.5, 0.6) is 11.5 Å². The van der Waals surface area contributed by atoms with Gasteiger partial charge in [0.1, 0.15) is 0 Å². The van der Waals surface area contributed by atoms with Crippen molar-refractivity contribution in [1.29, 1.82) is 0 Å². The van der Waals surface area contributed by atoms with E-state index in [9.17, 15) is 4.79 Å². The minimum absolute atomic E-state index is 0.131. The minimum Gasteiger partial charge on any atom is -0.493 e. The van der Waals surface area contributed by atoms with Crippen molar-refractivity contribution in [3.8, 4) is 22.9 Å². The first-order valence-electron chi connectivity index (χ1n) is 9.18. The van der Waals surface area contributed by atoms with Crippen molar-refractivity contribution in [3.63, 3.8) is 0 Å². The van der Waals surface area contributed by atoms with Crippen molar-refractivity contribution >= 4 is 11.6 Å². The normalized spacial score (nSPS) is 13.2. The Labute approximate surface area is 162 Å². The largest absolute Gasteiger partial charge is 0.493 e. The fourth-order valence-corrected chi connectivity index (χ4v) is 2.90. The maximum atomic E-state index is 12.3. The molecular formula is C20H21N5O3. The molecule has 8 nitrogen and oxygen atoms in total. The Hall–Kier alpha value is -3.42. The van der Waals surface area contributed by atoms with Crippen LogP contribution in [0.4, 0.5) is 5.69 Å². The third-order valence-corrected chi connectivity index (χ3v) is 4.45. The molecule has 1 amide bonds. The summed E-state index contributed by atoms with van der Waals surface area (Å²) in [6, 6.07) is 15.3. The molecule has 0 bridgehead atoms. The summed E-state index contributed by atoms with van der Waals surface area (Å²) in [6.45, 7) is 0.256. The number of rotatable bonds is 8. The molecule has 0 atom stereocenters. The van der Waals surface area contributed by atoms with Crippen LogP contribution in [0.1, 0.15) is 25.3 Å². The highest BCUT2D eigenvalue weighted by molar-refractivity contribution is 5.91. The second kappa shape index (κ2) is 8.08. The van der Waals surface area contributed by atoms with Crippen molar-refractivity contribution in [2.24, 2.45) is 0 Å². The maximum absolute atomic E-state index is 12.3. The van der Waals surface area contributed by atoms with E-state index in [0.717, 1.165) is 24.2 Å². The van der Waals surface area contributed by atoms with Gasteiger partial charge >= 0.3 is 0 Å². The van der Waals surface area contributed by atoms with Gasteiger partial charge in [0.15, 0.2) is 17.3 Å². The predicted molar refractivity (Wildman–Crippen MR) is 103 cm³/mol. The lowest BCUT2D eigenvalue weighted by molar-refractivity contribution is -0.116. The van der Waals surface area contributed by atoms with E-state index < -0.39 is 0 Å². The van der Waals surface area contributed by atoms with Crippen LogP contribution < -0.4 is 14.8 Å². The summed E-state index contributed by atoms with van der Waals surface area (Å²) in [5.74, 6) is 1.85. The van der Waals surface area contributed by atoms with Gasteiger partial charge in [-0.1, -0.05) is 24.3 Å². The van der Waals surface area contributed by atoms with Crippen molar-refractivity contribution in [2.45, 2.75) is 25.3 Å². The molecule has 2 aromatic carbocycles. The highest BCUT2D eigenvalue weighted by Crippen LogP contribution is 2.36. The van der Waals surface area contributed by atoms with Crippen LogP contribution in [0.3, 0.4) is 0 Å². The van der Waals surface area contributed by atoms with E-state index in [0.29, 0.717) is 23.2 Å². The molecule has 28 heavy (non-hydrogen) atoms. The van der Waals surface area contributed by atoms with Crippen molar-refractivity contribution in [3.05, 3.63) is 48.5 Å². The van der Waals surface area contributed by atoms with Crippen LogP contribution in [0.2, 0.25) is 0 Å². The molecule has 1 fully saturated rings. The Morgan fingerprint density at radius 2 is 2.00 bits per heavy atom. The van der Waals surface area contributed by atoms with Crippen LogP contribution in [-0.2, 0) is 4.79 Å². The zero-order valence-corrected chi connectivity index (χ0v) is 15.5. The number of methoxy groups -OCH3 is 1. The van der Waals surface area contributed by atoms with Crippen molar-refractivity contribution < 1.29 is 14.3 Å². The number of para-hydroxylation sites is 2. The van der Waals surface area contributed by atoms with Crippen molar-refractivity contribution in [2.75, 3.05) is 19.0 Å². The molecule has 0 radical (unpaired) electrons. The van der Waals surface area contributed by atoms with Crippen LogP contribution in [0.15, 0.2) is 48.5 Å². The Morgan fingerprint density at radius 3 is 2.79 bits per heavy atom. The Bertz CT molecular complexity index is 968. The third-order valence-electron chi connectivity index (χ3n) is 4.45. The lowest BCUT2D eigenvalue weighted by Crippen LogP contribution is -2.15. The van der Waals surface area contributed by atoms with Gasteiger partial charge < -0.3 is 14.8 Å². The number of anilines is 1. The number of tetrazole rings is 1. The van der Waals surface area contributed by atoms with Gasteiger partial charge in [-0.2, -0.15) is 0 Å². The zero-order chi connectivity index (χ0) is 19.3. The molecule has 1 N–H and O–H groups in total. The predicted octanol–water partition coefficient (Wildman–Crippen LogP) is 3.09. The summed E-state index contributed by atoms with van der Waals surface area (Å²) < 4.78 is 12.7. The van der Waals surface area contributed by atoms with Crippen LogP contribution in [-0.4, -0.2) is 39.8 Å². The molecule has 1 aromatic heterocycles. The maximum Gasteiger partial charge on any atom is 0.227 e. The summed E-state index contributed by atoms with van der Waals surface area (Å²) in [4.78, 5) is 12.3. The minimum atomic E-state index is -0.131. The fraction of sp³-hybridized carbons (Fsp3) is 0.300. The van der Waals surface area contributed by atoms with Gasteiger partial charge in [0, 0.05) is 11.3 Å². The number of hydrogen-bond acceptors (Lipinski definition) is 6. The second-order valence-corrected chi connectivity index (χ2v) is 6.56. The van der Waals surface area contributed by atoms with Gasteiger partial charge in [-0.05, 0) is 47.5 Å². The number of carbonyl (C=O) groups excluding carboxylic acids is 1. The third kappa shape index (κ3) is 4.11. The molecule has 0 saturated heterocycles. The molecule has 4 rings (SSSR count). The van der Waals surface area contributed by atoms with E-state index in [1.807, 2.05) is 53.2 Å². The van der Waals surface area contributed by atoms with E-state index in [1.165, 1.54) is 0 Å². The molecule has 1 heterocycles. The Morgan fingerprint density at radius 1 is 1.18 bits per heavy atom. The molecule has 0 spiro atoms. The molecule has 0 unspecified atom stereocenters. The first kappa shape index (κ1) is 18.0. The van der Waals surface area contributed by atoms with E-state index in [-0.39, 0.29) is 18.9 Å². The van der Waals surface area contributed by atoms with E-state index in [1.54, 1.807) is 7.11 Å². The average molecular weight is 379 g/mol. The zero-order valence-electron chi connectivity index (χ0n) is 15.5. The quantitative estimate of drug-likeness (QED) is 0.647. The van der Waals surface area contributed by atoms with E-state index in [4.69, 9.17) is 9.47 Å². The number of nitrogens with one attached hydrogen (secondary N) is 1. The number of nitrogens with zero attached hydrogens (tertiary/aromatic N) is 4. The number of hydrogen-bond donors (Lipinski definition) is 1. The molecule has 1 aliphatic rings. The van der Waals surface area contributed by atoms with Crippen molar-refractivity contribution in [1.82, 2.24) is 20.2 Å². The fourth-order valence-electron chi connectivity index (χ4n) is 2.90. The van der Waals surface area contributed by atoms with Gasteiger partial charge in [-0.25, -0.2) is 4.68 Å². The number of benzene rings is 2. The molecule has 8 heteroatoms. The monoisotopic (exact) mass is 379 g/mol. The second-order valence-electron chi connectivity index (χ2n) is 6.56. The summed E-state index contributed by atoms with van der Waals surface area (Å²) in [7, 11) is 1.58. The van der Waals surface area contributed by atoms with E-state index in [2.05, 4.69) is 20.8 Å². The van der Waals surface area contributed by atoms with E-state index >= 15 is 0 Å². The molecule has 0 aliphatic heterocycles. The summed E-state index contributed by atoms with van der Waals surface area (Å²) in [5.41, 5.74) is 1.57. The molecule has 1 aliphatic carbocycles. The molecule has 3 aromatic rings. The average Bonchev–Trinajstić information content (AvgIpc) is 3.44. The first-order valence-corrected chi connectivity index (χ1v) is 9.18. The lowest BCUT2D eigenvalue weighted by Gasteiger charge is -2.11. The van der Waals surface area contributed by atoms with Gasteiger partial charge in [0.05, 0.1) is 26.2 Å². The van der Waals surface area contributed by atoms with Crippen LogP contribution in [0.25, 0.3) is 11.4 Å². The number of aromatic nitrogens is 4. The van der Waals surface area contributed by atoms with Gasteiger partial charge in [-0.15, -0.1) is 5.10 Å². The summed E-state index contributed by atoms with van der Waals surface area (Å²) in [6.07, 6.45) is 2.42. The molecule has 1 saturated carbocycles. The van der Waals surface area contributed by atoms with Gasteiger partial charge in [0.25, 0.3) is 0 Å². The number of ether oxygens (including phenoxy) is 2.